The molecular formula is C12H20N2O. The highest BCUT2D eigenvalue weighted by atomic mass is 16.3. The Kier molecular flexibility index (Phi) is 4.09. The molecule has 3 nitrogen and oxygen atoms in total. The SMILES string of the molecule is Cc1cnccc1NCC(C)(C)CCO. The number of rotatable bonds is 5. The van der Waals surface area contributed by atoms with E-state index in [-0.39, 0.29) is 12.0 Å². The predicted molar refractivity (Wildman–Crippen MR) is 62.9 cm³/mol. The number of hydrogen-bond acceptors (Lipinski definition) is 3. The van der Waals surface area contributed by atoms with E-state index < -0.39 is 0 Å². The smallest absolute Gasteiger partial charge is 0.0436 e. The summed E-state index contributed by atoms with van der Waals surface area (Å²) in [6.45, 7) is 7.43. The summed E-state index contributed by atoms with van der Waals surface area (Å²) in [5.41, 5.74) is 2.39. The molecule has 0 spiro atoms. The van der Waals surface area contributed by atoms with Crippen molar-refractivity contribution < 1.29 is 5.11 Å². The molecule has 2 N–H and O–H groups in total. The van der Waals surface area contributed by atoms with Crippen molar-refractivity contribution in [3.63, 3.8) is 0 Å². The number of aliphatic hydroxyl groups is 1. The van der Waals surface area contributed by atoms with E-state index in [1.54, 1.807) is 6.20 Å². The van der Waals surface area contributed by atoms with Crippen LogP contribution < -0.4 is 5.32 Å². The average molecular weight is 208 g/mol. The molecule has 0 atom stereocenters. The van der Waals surface area contributed by atoms with Crippen LogP contribution in [0.5, 0.6) is 0 Å². The molecule has 0 saturated heterocycles. The Balaban J connectivity index is 2.53. The second kappa shape index (κ2) is 5.12. The lowest BCUT2D eigenvalue weighted by molar-refractivity contribution is 0.220. The third kappa shape index (κ3) is 3.88. The maximum Gasteiger partial charge on any atom is 0.0436 e. The molecule has 1 heterocycles. The number of pyridine rings is 1. The summed E-state index contributed by atoms with van der Waals surface area (Å²) in [6, 6.07) is 1.98. The zero-order valence-corrected chi connectivity index (χ0v) is 9.75. The molecule has 0 fully saturated rings. The van der Waals surface area contributed by atoms with Crippen LogP contribution in [0.25, 0.3) is 0 Å². The number of aliphatic hydroxyl groups excluding tert-OH is 1. The van der Waals surface area contributed by atoms with E-state index in [4.69, 9.17) is 5.11 Å². The van der Waals surface area contributed by atoms with E-state index in [0.29, 0.717) is 0 Å². The lowest BCUT2D eigenvalue weighted by Gasteiger charge is -2.24. The van der Waals surface area contributed by atoms with Gasteiger partial charge in [-0.2, -0.15) is 0 Å². The van der Waals surface area contributed by atoms with Crippen LogP contribution in [-0.4, -0.2) is 23.2 Å². The molecule has 0 aliphatic heterocycles. The maximum atomic E-state index is 8.92. The van der Waals surface area contributed by atoms with Crippen molar-refractivity contribution in [3.05, 3.63) is 24.0 Å². The molecular weight excluding hydrogens is 188 g/mol. The summed E-state index contributed by atoms with van der Waals surface area (Å²) in [6.07, 6.45) is 4.44. The van der Waals surface area contributed by atoms with Crippen molar-refractivity contribution in [1.29, 1.82) is 0 Å². The van der Waals surface area contributed by atoms with Crippen LogP contribution in [0.3, 0.4) is 0 Å². The molecule has 1 aromatic rings. The van der Waals surface area contributed by atoms with Gasteiger partial charge in [-0.25, -0.2) is 0 Å². The summed E-state index contributed by atoms with van der Waals surface area (Å²) in [4.78, 5) is 4.05. The molecule has 0 bridgehead atoms. The van der Waals surface area contributed by atoms with Gasteiger partial charge in [0.05, 0.1) is 0 Å². The van der Waals surface area contributed by atoms with Gasteiger partial charge < -0.3 is 10.4 Å². The quantitative estimate of drug-likeness (QED) is 0.779. The van der Waals surface area contributed by atoms with Crippen LogP contribution in [-0.2, 0) is 0 Å². The monoisotopic (exact) mass is 208 g/mol. The molecule has 3 heteroatoms. The van der Waals surface area contributed by atoms with Gasteiger partial charge in [0.25, 0.3) is 0 Å². The Labute approximate surface area is 91.5 Å². The first-order valence-electron chi connectivity index (χ1n) is 5.30. The van der Waals surface area contributed by atoms with Gasteiger partial charge in [-0.05, 0) is 30.4 Å². The number of hydrogen-bond donors (Lipinski definition) is 2. The first kappa shape index (κ1) is 12.0. The Morgan fingerprint density at radius 1 is 1.47 bits per heavy atom. The van der Waals surface area contributed by atoms with Gasteiger partial charge in [-0.1, -0.05) is 13.8 Å². The molecule has 1 rings (SSSR count). The zero-order chi connectivity index (χ0) is 11.3. The van der Waals surface area contributed by atoms with Gasteiger partial charge in [-0.3, -0.25) is 4.98 Å². The van der Waals surface area contributed by atoms with E-state index in [2.05, 4.69) is 24.1 Å². The minimum atomic E-state index is 0.116. The van der Waals surface area contributed by atoms with Crippen molar-refractivity contribution in [2.45, 2.75) is 27.2 Å². The molecule has 0 aliphatic carbocycles. The molecule has 0 aromatic carbocycles. The summed E-state index contributed by atoms with van der Waals surface area (Å²) < 4.78 is 0. The number of aromatic nitrogens is 1. The Hall–Kier alpha value is -1.09. The Morgan fingerprint density at radius 2 is 2.20 bits per heavy atom. The summed E-state index contributed by atoms with van der Waals surface area (Å²) in [5, 5.41) is 12.3. The minimum absolute atomic E-state index is 0.116. The highest BCUT2D eigenvalue weighted by molar-refractivity contribution is 5.48. The topological polar surface area (TPSA) is 45.2 Å². The molecule has 0 saturated carbocycles. The maximum absolute atomic E-state index is 8.92. The fourth-order valence-electron chi connectivity index (χ4n) is 1.40. The average Bonchev–Trinajstić information content (AvgIpc) is 2.16. The van der Waals surface area contributed by atoms with Crippen LogP contribution in [0.4, 0.5) is 5.69 Å². The first-order valence-corrected chi connectivity index (χ1v) is 5.30. The van der Waals surface area contributed by atoms with Gasteiger partial charge in [0.2, 0.25) is 0 Å². The highest BCUT2D eigenvalue weighted by Crippen LogP contribution is 2.21. The number of anilines is 1. The summed E-state index contributed by atoms with van der Waals surface area (Å²) in [7, 11) is 0. The minimum Gasteiger partial charge on any atom is -0.396 e. The number of nitrogens with one attached hydrogen (secondary N) is 1. The molecule has 1 aromatic heterocycles. The van der Waals surface area contributed by atoms with E-state index >= 15 is 0 Å². The largest absolute Gasteiger partial charge is 0.396 e. The first-order chi connectivity index (χ1) is 7.05. The fraction of sp³-hybridized carbons (Fsp3) is 0.583. The lowest BCUT2D eigenvalue weighted by Crippen LogP contribution is -2.24. The van der Waals surface area contributed by atoms with Crippen molar-refractivity contribution in [1.82, 2.24) is 4.98 Å². The van der Waals surface area contributed by atoms with E-state index in [9.17, 15) is 0 Å². The molecule has 0 unspecified atom stereocenters. The second-order valence-electron chi connectivity index (χ2n) is 4.68. The highest BCUT2D eigenvalue weighted by Gasteiger charge is 2.16. The van der Waals surface area contributed by atoms with Crippen LogP contribution in [0.1, 0.15) is 25.8 Å². The van der Waals surface area contributed by atoms with E-state index in [1.807, 2.05) is 19.2 Å². The second-order valence-corrected chi connectivity index (χ2v) is 4.68. The Bertz CT molecular complexity index is 310. The standard InChI is InChI=1S/C12H20N2O/c1-10-8-13-6-4-11(10)14-9-12(2,3)5-7-15/h4,6,8,15H,5,7,9H2,1-3H3,(H,13,14). The van der Waals surface area contributed by atoms with Gasteiger partial charge >= 0.3 is 0 Å². The van der Waals surface area contributed by atoms with Crippen LogP contribution in [0.15, 0.2) is 18.5 Å². The zero-order valence-electron chi connectivity index (χ0n) is 9.75. The van der Waals surface area contributed by atoms with Crippen LogP contribution in [0, 0.1) is 12.3 Å². The number of aryl methyl sites for hydroxylation is 1. The van der Waals surface area contributed by atoms with Crippen LogP contribution >= 0.6 is 0 Å². The van der Waals surface area contributed by atoms with E-state index in [1.165, 1.54) is 0 Å². The third-order valence-electron chi connectivity index (χ3n) is 2.57. The van der Waals surface area contributed by atoms with Crippen molar-refractivity contribution >= 4 is 5.69 Å². The summed E-state index contributed by atoms with van der Waals surface area (Å²) >= 11 is 0. The van der Waals surface area contributed by atoms with Gasteiger partial charge in [0.15, 0.2) is 0 Å². The predicted octanol–water partition coefficient (Wildman–Crippen LogP) is 2.21. The number of nitrogens with zero attached hydrogens (tertiary/aromatic N) is 1. The molecule has 0 amide bonds. The Morgan fingerprint density at radius 3 is 2.80 bits per heavy atom. The van der Waals surface area contributed by atoms with Crippen molar-refractivity contribution in [2.24, 2.45) is 5.41 Å². The van der Waals surface area contributed by atoms with Crippen molar-refractivity contribution in [3.8, 4) is 0 Å². The molecule has 0 radical (unpaired) electrons. The molecule has 0 aliphatic rings. The van der Waals surface area contributed by atoms with Gasteiger partial charge in [0, 0.05) is 31.2 Å². The molecule has 84 valence electrons. The van der Waals surface area contributed by atoms with Gasteiger partial charge in [0.1, 0.15) is 0 Å². The van der Waals surface area contributed by atoms with Crippen molar-refractivity contribution in [2.75, 3.05) is 18.5 Å². The fourth-order valence-corrected chi connectivity index (χ4v) is 1.40. The van der Waals surface area contributed by atoms with Gasteiger partial charge in [-0.15, -0.1) is 0 Å². The van der Waals surface area contributed by atoms with E-state index in [0.717, 1.165) is 24.2 Å². The third-order valence-corrected chi connectivity index (χ3v) is 2.57. The van der Waals surface area contributed by atoms with Crippen LogP contribution in [0.2, 0.25) is 0 Å². The molecule has 15 heavy (non-hydrogen) atoms. The summed E-state index contributed by atoms with van der Waals surface area (Å²) in [5.74, 6) is 0. The normalized spacial score (nSPS) is 11.5. The lowest BCUT2D eigenvalue weighted by atomic mass is 9.89.